The first-order chi connectivity index (χ1) is 11.7. The molecule has 0 fully saturated rings. The second-order valence-corrected chi connectivity index (χ2v) is 7.30. The Labute approximate surface area is 152 Å². The van der Waals surface area contributed by atoms with Crippen molar-refractivity contribution >= 4 is 5.91 Å². The predicted octanol–water partition coefficient (Wildman–Crippen LogP) is 3.81. The number of nitrogens with one attached hydrogen (secondary N) is 1. The molecule has 1 amide bonds. The fourth-order valence-electron chi connectivity index (χ4n) is 2.56. The molecule has 0 aliphatic heterocycles. The molecule has 0 spiro atoms. The SMILES string of the molecule is CCCC(C)(N)C(=O)NC(C)c1ccc(OCCC(C)C)c(OC)c1. The van der Waals surface area contributed by atoms with Gasteiger partial charge in [0.05, 0.1) is 25.3 Å². The molecule has 5 nitrogen and oxygen atoms in total. The number of ether oxygens (including phenoxy) is 2. The van der Waals surface area contributed by atoms with E-state index >= 15 is 0 Å². The van der Waals surface area contributed by atoms with E-state index in [1.807, 2.05) is 32.0 Å². The Hall–Kier alpha value is -1.75. The van der Waals surface area contributed by atoms with Gasteiger partial charge in [0.2, 0.25) is 5.91 Å². The Morgan fingerprint density at radius 1 is 1.28 bits per heavy atom. The maximum atomic E-state index is 12.4. The van der Waals surface area contributed by atoms with E-state index < -0.39 is 5.54 Å². The number of nitrogens with two attached hydrogens (primary N) is 1. The summed E-state index contributed by atoms with van der Waals surface area (Å²) in [5.41, 5.74) is 6.20. The second kappa shape index (κ2) is 9.66. The molecule has 0 bridgehead atoms. The highest BCUT2D eigenvalue weighted by molar-refractivity contribution is 5.85. The number of amides is 1. The van der Waals surface area contributed by atoms with E-state index in [-0.39, 0.29) is 11.9 Å². The van der Waals surface area contributed by atoms with Gasteiger partial charge < -0.3 is 20.5 Å². The standard InChI is InChI=1S/C20H34N2O3/c1-7-11-20(5,21)19(23)22-15(4)16-8-9-17(18(13-16)24-6)25-12-10-14(2)3/h8-9,13-15H,7,10-12,21H2,1-6H3,(H,22,23). The zero-order valence-corrected chi connectivity index (χ0v) is 16.5. The van der Waals surface area contributed by atoms with E-state index in [4.69, 9.17) is 15.2 Å². The van der Waals surface area contributed by atoms with Gasteiger partial charge in [0.1, 0.15) is 0 Å². The molecule has 1 rings (SSSR count). The number of rotatable bonds is 10. The minimum atomic E-state index is -0.854. The molecule has 2 atom stereocenters. The van der Waals surface area contributed by atoms with Crippen LogP contribution in [0.2, 0.25) is 0 Å². The van der Waals surface area contributed by atoms with Crippen LogP contribution in [0, 0.1) is 5.92 Å². The first-order valence-corrected chi connectivity index (χ1v) is 9.11. The highest BCUT2D eigenvalue weighted by atomic mass is 16.5. The molecule has 142 valence electrons. The minimum absolute atomic E-state index is 0.141. The number of carbonyl (C=O) groups is 1. The van der Waals surface area contributed by atoms with Gasteiger partial charge in [-0.25, -0.2) is 0 Å². The summed E-state index contributed by atoms with van der Waals surface area (Å²) in [6, 6.07) is 5.59. The summed E-state index contributed by atoms with van der Waals surface area (Å²) in [6.07, 6.45) is 2.51. The normalized spacial score (nSPS) is 14.7. The van der Waals surface area contributed by atoms with Crippen molar-refractivity contribution in [3.8, 4) is 11.5 Å². The molecule has 0 aliphatic rings. The van der Waals surface area contributed by atoms with Crippen LogP contribution >= 0.6 is 0 Å². The van der Waals surface area contributed by atoms with Gasteiger partial charge in [-0.1, -0.05) is 33.3 Å². The van der Waals surface area contributed by atoms with Crippen LogP contribution in [0.15, 0.2) is 18.2 Å². The Kier molecular flexibility index (Phi) is 8.23. The molecule has 3 N–H and O–H groups in total. The monoisotopic (exact) mass is 350 g/mol. The maximum Gasteiger partial charge on any atom is 0.240 e. The third-order valence-corrected chi connectivity index (χ3v) is 4.28. The number of hydrogen-bond acceptors (Lipinski definition) is 4. The molecule has 0 heterocycles. The van der Waals surface area contributed by atoms with E-state index in [1.165, 1.54) is 0 Å². The number of methoxy groups -OCH3 is 1. The smallest absolute Gasteiger partial charge is 0.240 e. The zero-order valence-electron chi connectivity index (χ0n) is 16.5. The molecule has 1 aromatic carbocycles. The van der Waals surface area contributed by atoms with E-state index in [0.29, 0.717) is 24.7 Å². The fraction of sp³-hybridized carbons (Fsp3) is 0.650. The van der Waals surface area contributed by atoms with Crippen LogP contribution < -0.4 is 20.5 Å². The molecule has 5 heteroatoms. The van der Waals surface area contributed by atoms with Crippen LogP contribution in [0.4, 0.5) is 0 Å². The van der Waals surface area contributed by atoms with E-state index in [0.717, 1.165) is 24.2 Å². The van der Waals surface area contributed by atoms with Gasteiger partial charge >= 0.3 is 0 Å². The van der Waals surface area contributed by atoms with Crippen molar-refractivity contribution in [1.29, 1.82) is 0 Å². The molecule has 0 radical (unpaired) electrons. The van der Waals surface area contributed by atoms with E-state index in [2.05, 4.69) is 19.2 Å². The molecule has 0 aromatic heterocycles. The Bertz CT molecular complexity index is 556. The van der Waals surface area contributed by atoms with Crippen LogP contribution in [0.5, 0.6) is 11.5 Å². The van der Waals surface area contributed by atoms with Crippen molar-refractivity contribution < 1.29 is 14.3 Å². The third-order valence-electron chi connectivity index (χ3n) is 4.28. The summed E-state index contributed by atoms with van der Waals surface area (Å²) in [5.74, 6) is 1.85. The first-order valence-electron chi connectivity index (χ1n) is 9.11. The molecule has 2 unspecified atom stereocenters. The van der Waals surface area contributed by atoms with Gasteiger partial charge in [0, 0.05) is 0 Å². The van der Waals surface area contributed by atoms with Crippen molar-refractivity contribution in [2.24, 2.45) is 11.7 Å². The maximum absolute atomic E-state index is 12.4. The summed E-state index contributed by atoms with van der Waals surface area (Å²) in [6.45, 7) is 10.7. The van der Waals surface area contributed by atoms with E-state index in [9.17, 15) is 4.79 Å². The van der Waals surface area contributed by atoms with Gasteiger partial charge in [-0.2, -0.15) is 0 Å². The van der Waals surface area contributed by atoms with Gasteiger partial charge in [-0.3, -0.25) is 4.79 Å². The van der Waals surface area contributed by atoms with Crippen molar-refractivity contribution in [3.63, 3.8) is 0 Å². The quantitative estimate of drug-likeness (QED) is 0.673. The Balaban J connectivity index is 2.79. The number of benzene rings is 1. The highest BCUT2D eigenvalue weighted by Crippen LogP contribution is 2.30. The molecule has 0 saturated heterocycles. The summed E-state index contributed by atoms with van der Waals surface area (Å²) in [4.78, 5) is 12.4. The molecule has 25 heavy (non-hydrogen) atoms. The minimum Gasteiger partial charge on any atom is -0.493 e. The summed E-state index contributed by atoms with van der Waals surface area (Å²) < 4.78 is 11.3. The fourth-order valence-corrected chi connectivity index (χ4v) is 2.56. The van der Waals surface area contributed by atoms with Crippen molar-refractivity contribution in [2.45, 2.75) is 65.5 Å². The molecular formula is C20H34N2O3. The van der Waals surface area contributed by atoms with Gasteiger partial charge in [-0.15, -0.1) is 0 Å². The topological polar surface area (TPSA) is 73.6 Å². The van der Waals surface area contributed by atoms with Gasteiger partial charge in [-0.05, 0) is 50.3 Å². The lowest BCUT2D eigenvalue weighted by molar-refractivity contribution is -0.126. The average molecular weight is 351 g/mol. The van der Waals surface area contributed by atoms with Crippen LogP contribution in [0.25, 0.3) is 0 Å². The second-order valence-electron chi connectivity index (χ2n) is 7.30. The van der Waals surface area contributed by atoms with Crippen molar-refractivity contribution in [1.82, 2.24) is 5.32 Å². The van der Waals surface area contributed by atoms with Crippen LogP contribution in [0.1, 0.15) is 65.5 Å². The molecular weight excluding hydrogens is 316 g/mol. The lowest BCUT2D eigenvalue weighted by Gasteiger charge is -2.26. The van der Waals surface area contributed by atoms with Crippen LogP contribution in [0.3, 0.4) is 0 Å². The highest BCUT2D eigenvalue weighted by Gasteiger charge is 2.28. The summed E-state index contributed by atoms with van der Waals surface area (Å²) in [5, 5.41) is 2.99. The van der Waals surface area contributed by atoms with Gasteiger partial charge in [0.25, 0.3) is 0 Å². The number of hydrogen-bond donors (Lipinski definition) is 2. The largest absolute Gasteiger partial charge is 0.493 e. The summed E-state index contributed by atoms with van der Waals surface area (Å²) >= 11 is 0. The van der Waals surface area contributed by atoms with Crippen molar-refractivity contribution in [2.75, 3.05) is 13.7 Å². The average Bonchev–Trinajstić information content (AvgIpc) is 2.54. The lowest BCUT2D eigenvalue weighted by atomic mass is 9.95. The Morgan fingerprint density at radius 2 is 1.96 bits per heavy atom. The Morgan fingerprint density at radius 3 is 2.52 bits per heavy atom. The predicted molar refractivity (Wildman–Crippen MR) is 102 cm³/mol. The number of carbonyl (C=O) groups excluding carboxylic acids is 1. The van der Waals surface area contributed by atoms with Crippen LogP contribution in [-0.2, 0) is 4.79 Å². The first kappa shape index (κ1) is 21.3. The van der Waals surface area contributed by atoms with E-state index in [1.54, 1.807) is 14.0 Å². The zero-order chi connectivity index (χ0) is 19.0. The third kappa shape index (κ3) is 6.58. The molecule has 0 saturated carbocycles. The molecule has 1 aromatic rings. The molecule has 0 aliphatic carbocycles. The summed E-state index contributed by atoms with van der Waals surface area (Å²) in [7, 11) is 1.62. The van der Waals surface area contributed by atoms with Gasteiger partial charge in [0.15, 0.2) is 11.5 Å². The van der Waals surface area contributed by atoms with Crippen molar-refractivity contribution in [3.05, 3.63) is 23.8 Å². The lowest BCUT2D eigenvalue weighted by Crippen LogP contribution is -2.52. The van der Waals surface area contributed by atoms with Crippen LogP contribution in [-0.4, -0.2) is 25.2 Å².